The number of aliphatic hydroxyl groups is 1. The summed E-state index contributed by atoms with van der Waals surface area (Å²) < 4.78 is 38.5. The van der Waals surface area contributed by atoms with Crippen LogP contribution in [0.15, 0.2) is 24.3 Å². The van der Waals surface area contributed by atoms with E-state index in [-0.39, 0.29) is 17.7 Å². The van der Waals surface area contributed by atoms with Crippen molar-refractivity contribution in [3.8, 4) is 0 Å². The molecule has 1 N–H and O–H groups in total. The van der Waals surface area contributed by atoms with E-state index in [0.717, 1.165) is 0 Å². The number of rotatable bonds is 3. The average molecular weight is 332 g/mol. The first-order valence-electron chi connectivity index (χ1n) is 6.97. The number of fused-ring (bicyclic) bond motifs is 1. The molecule has 1 amide bonds. The first kappa shape index (κ1) is 17.2. The van der Waals surface area contributed by atoms with Crippen molar-refractivity contribution in [3.63, 3.8) is 0 Å². The Kier molecular flexibility index (Phi) is 4.60. The van der Waals surface area contributed by atoms with Gasteiger partial charge in [-0.1, -0.05) is 25.1 Å². The van der Waals surface area contributed by atoms with Gasteiger partial charge in [-0.05, 0) is 18.1 Å². The molecule has 23 heavy (non-hydrogen) atoms. The van der Waals surface area contributed by atoms with Crippen LogP contribution in [-0.4, -0.2) is 34.9 Å². The average Bonchev–Trinajstić information content (AvgIpc) is 2.46. The van der Waals surface area contributed by atoms with Gasteiger partial charge < -0.3 is 5.11 Å². The molecule has 0 saturated heterocycles. The molecular weight excluding hydrogens is 317 g/mol. The molecule has 1 heterocycles. The summed E-state index contributed by atoms with van der Waals surface area (Å²) in [6.45, 7) is 1.08. The van der Waals surface area contributed by atoms with E-state index < -0.39 is 41.6 Å². The normalized spacial score (nSPS) is 24.2. The number of carbonyl (C=O) groups is 1. The third-order valence-corrected chi connectivity index (χ3v) is 4.04. The molecule has 0 radical (unpaired) electrons. The smallest absolute Gasteiger partial charge is 0.373 e. The molecule has 9 heteroatoms. The molecular formula is C14H15F3N2O4. The Morgan fingerprint density at radius 2 is 2.00 bits per heavy atom. The fourth-order valence-corrected chi connectivity index (χ4v) is 3.05. The van der Waals surface area contributed by atoms with Gasteiger partial charge in [0.1, 0.15) is 6.23 Å². The van der Waals surface area contributed by atoms with Gasteiger partial charge in [0.25, 0.3) is 0 Å². The third kappa shape index (κ3) is 3.14. The molecule has 3 atom stereocenters. The number of hydrogen-bond donors (Lipinski definition) is 1. The van der Waals surface area contributed by atoms with Gasteiger partial charge in [-0.3, -0.25) is 19.8 Å². The zero-order valence-corrected chi connectivity index (χ0v) is 12.2. The summed E-state index contributed by atoms with van der Waals surface area (Å²) in [7, 11) is 0. The standard InChI is InChI=1S/C14H15F3N2O4/c1-2-8-10(7-18(22)23)9-5-3-4-6-11(9)19(12(8)20)13(21)14(15,16)17/h3-6,8,10,12,20H,2,7H2,1H3/t8-,10-,12?/m0/s1. The minimum absolute atomic E-state index is 0.140. The number of carbonyl (C=O) groups excluding carboxylic acids is 1. The number of para-hydroxylation sites is 1. The highest BCUT2D eigenvalue weighted by Gasteiger charge is 2.51. The van der Waals surface area contributed by atoms with E-state index in [4.69, 9.17) is 0 Å². The summed E-state index contributed by atoms with van der Waals surface area (Å²) in [5.41, 5.74) is 0.123. The molecule has 0 fully saturated rings. The monoisotopic (exact) mass is 332 g/mol. The molecule has 0 spiro atoms. The Bertz CT molecular complexity index is 620. The van der Waals surface area contributed by atoms with Crippen LogP contribution in [0.4, 0.5) is 18.9 Å². The largest absolute Gasteiger partial charge is 0.471 e. The predicted octanol–water partition coefficient (Wildman–Crippen LogP) is 2.30. The van der Waals surface area contributed by atoms with Gasteiger partial charge >= 0.3 is 12.1 Å². The van der Waals surface area contributed by atoms with E-state index in [9.17, 15) is 33.2 Å². The summed E-state index contributed by atoms with van der Waals surface area (Å²) in [6.07, 6.45) is -6.73. The molecule has 1 unspecified atom stereocenters. The van der Waals surface area contributed by atoms with Crippen LogP contribution in [0.1, 0.15) is 24.8 Å². The maximum absolute atomic E-state index is 12.8. The number of nitro groups is 1. The van der Waals surface area contributed by atoms with Crippen LogP contribution < -0.4 is 4.90 Å². The number of alkyl halides is 3. The lowest BCUT2D eigenvalue weighted by atomic mass is 9.78. The lowest BCUT2D eigenvalue weighted by molar-refractivity contribution is -0.485. The van der Waals surface area contributed by atoms with E-state index in [1.165, 1.54) is 24.3 Å². The summed E-state index contributed by atoms with van der Waals surface area (Å²) >= 11 is 0. The molecule has 0 bridgehead atoms. The molecule has 1 aromatic rings. The Balaban J connectivity index is 2.58. The van der Waals surface area contributed by atoms with Crippen molar-refractivity contribution in [3.05, 3.63) is 39.9 Å². The molecule has 126 valence electrons. The molecule has 0 aliphatic carbocycles. The van der Waals surface area contributed by atoms with E-state index in [0.29, 0.717) is 4.90 Å². The minimum Gasteiger partial charge on any atom is -0.373 e. The van der Waals surface area contributed by atoms with Crippen LogP contribution in [0.5, 0.6) is 0 Å². The van der Waals surface area contributed by atoms with Crippen LogP contribution in [0.3, 0.4) is 0 Å². The lowest BCUT2D eigenvalue weighted by Gasteiger charge is -2.42. The Hall–Kier alpha value is -2.16. The van der Waals surface area contributed by atoms with Crippen LogP contribution in [0.25, 0.3) is 0 Å². The number of halogens is 3. The number of benzene rings is 1. The van der Waals surface area contributed by atoms with Crippen molar-refractivity contribution in [1.82, 2.24) is 0 Å². The highest BCUT2D eigenvalue weighted by atomic mass is 19.4. The predicted molar refractivity (Wildman–Crippen MR) is 74.4 cm³/mol. The second kappa shape index (κ2) is 6.15. The van der Waals surface area contributed by atoms with Crippen LogP contribution >= 0.6 is 0 Å². The van der Waals surface area contributed by atoms with Gasteiger partial charge in [-0.2, -0.15) is 13.2 Å². The first-order chi connectivity index (χ1) is 10.7. The summed E-state index contributed by atoms with van der Waals surface area (Å²) in [5.74, 6) is -3.81. The zero-order chi connectivity index (χ0) is 17.4. The molecule has 2 rings (SSSR count). The Morgan fingerprint density at radius 3 is 2.52 bits per heavy atom. The molecule has 0 aromatic heterocycles. The van der Waals surface area contributed by atoms with Crippen molar-refractivity contribution in [2.45, 2.75) is 31.7 Å². The van der Waals surface area contributed by atoms with E-state index in [1.54, 1.807) is 6.92 Å². The van der Waals surface area contributed by atoms with Gasteiger partial charge in [0.2, 0.25) is 6.54 Å². The Labute approximate surface area is 129 Å². The summed E-state index contributed by atoms with van der Waals surface area (Å²) in [5, 5.41) is 21.2. The van der Waals surface area contributed by atoms with E-state index in [1.807, 2.05) is 0 Å². The van der Waals surface area contributed by atoms with E-state index in [2.05, 4.69) is 0 Å². The van der Waals surface area contributed by atoms with Crippen molar-refractivity contribution >= 4 is 11.6 Å². The van der Waals surface area contributed by atoms with Crippen molar-refractivity contribution < 1.29 is 28.0 Å². The van der Waals surface area contributed by atoms with Crippen LogP contribution in [0, 0.1) is 16.0 Å². The van der Waals surface area contributed by atoms with Gasteiger partial charge in [0.05, 0.1) is 11.6 Å². The molecule has 0 saturated carbocycles. The van der Waals surface area contributed by atoms with Gasteiger partial charge in [0.15, 0.2) is 0 Å². The zero-order valence-electron chi connectivity index (χ0n) is 12.2. The highest BCUT2D eigenvalue weighted by molar-refractivity contribution is 5.98. The molecule has 6 nitrogen and oxygen atoms in total. The number of anilines is 1. The topological polar surface area (TPSA) is 83.7 Å². The SMILES string of the molecule is CC[C@@H]1C(O)N(C(=O)C(F)(F)F)c2ccccc2[C@H]1C[N+](=O)[O-]. The Morgan fingerprint density at radius 1 is 1.39 bits per heavy atom. The second-order valence-corrected chi connectivity index (χ2v) is 5.34. The quantitative estimate of drug-likeness (QED) is 0.680. The molecule has 1 aromatic carbocycles. The summed E-state index contributed by atoms with van der Waals surface area (Å²) in [6, 6.07) is 5.65. The van der Waals surface area contributed by atoms with Gasteiger partial charge in [-0.25, -0.2) is 0 Å². The molecule has 1 aliphatic heterocycles. The van der Waals surface area contributed by atoms with Crippen molar-refractivity contribution in [2.75, 3.05) is 11.4 Å². The number of amides is 1. The maximum atomic E-state index is 12.8. The fourth-order valence-electron chi connectivity index (χ4n) is 3.05. The van der Waals surface area contributed by atoms with Crippen molar-refractivity contribution in [1.29, 1.82) is 0 Å². The summed E-state index contributed by atoms with van der Waals surface area (Å²) in [4.78, 5) is 22.3. The molecule has 1 aliphatic rings. The lowest BCUT2D eigenvalue weighted by Crippen LogP contribution is -2.54. The first-order valence-corrected chi connectivity index (χ1v) is 6.97. The van der Waals surface area contributed by atoms with Gasteiger partial charge in [0, 0.05) is 10.8 Å². The second-order valence-electron chi connectivity index (χ2n) is 5.34. The van der Waals surface area contributed by atoms with Gasteiger partial charge in [-0.15, -0.1) is 0 Å². The van der Waals surface area contributed by atoms with Crippen LogP contribution in [-0.2, 0) is 4.79 Å². The van der Waals surface area contributed by atoms with Crippen LogP contribution in [0.2, 0.25) is 0 Å². The number of hydrogen-bond acceptors (Lipinski definition) is 4. The third-order valence-electron chi connectivity index (χ3n) is 4.04. The van der Waals surface area contributed by atoms with Crippen molar-refractivity contribution in [2.24, 2.45) is 5.92 Å². The number of aliphatic hydroxyl groups excluding tert-OH is 1. The van der Waals surface area contributed by atoms with E-state index >= 15 is 0 Å². The fraction of sp³-hybridized carbons (Fsp3) is 0.500. The minimum atomic E-state index is -5.15. The number of nitrogens with zero attached hydrogens (tertiary/aromatic N) is 2. The highest BCUT2D eigenvalue weighted by Crippen LogP contribution is 2.44. The maximum Gasteiger partial charge on any atom is 0.471 e.